The van der Waals surface area contributed by atoms with Crippen molar-refractivity contribution >= 4 is 18.3 Å². The van der Waals surface area contributed by atoms with Crippen molar-refractivity contribution in [3.05, 3.63) is 18.2 Å². The molecular formula is C15H24BNO4. The fourth-order valence-electron chi connectivity index (χ4n) is 2.02. The molecule has 2 rings (SSSR count). The molecule has 0 amide bonds. The third kappa shape index (κ3) is 3.34. The third-order valence-corrected chi connectivity index (χ3v) is 4.24. The lowest BCUT2D eigenvalue weighted by Gasteiger charge is -2.38. The summed E-state index contributed by atoms with van der Waals surface area (Å²) in [6.07, 6.45) is 0. The SMILES string of the molecule is CN1CCOc2cc(B(O)OC(C)(C)C(C)(C)O)ccc21. The summed E-state index contributed by atoms with van der Waals surface area (Å²) in [5, 5.41) is 20.4. The van der Waals surface area contributed by atoms with Gasteiger partial charge in [0.2, 0.25) is 0 Å². The second-order valence-corrected chi connectivity index (χ2v) is 6.54. The molecule has 0 bridgehead atoms. The van der Waals surface area contributed by atoms with Gasteiger partial charge in [-0.1, -0.05) is 6.07 Å². The maximum absolute atomic E-state index is 10.3. The fraction of sp³-hybridized carbons (Fsp3) is 0.600. The molecule has 1 aliphatic rings. The normalized spacial score (nSPS) is 15.5. The molecule has 21 heavy (non-hydrogen) atoms. The first kappa shape index (κ1) is 16.1. The summed E-state index contributed by atoms with van der Waals surface area (Å²) < 4.78 is 11.3. The summed E-state index contributed by atoms with van der Waals surface area (Å²) in [5.74, 6) is 0.741. The van der Waals surface area contributed by atoms with Crippen LogP contribution in [0.1, 0.15) is 27.7 Å². The molecule has 1 heterocycles. The van der Waals surface area contributed by atoms with Crippen LogP contribution in [0.15, 0.2) is 18.2 Å². The first-order chi connectivity index (χ1) is 9.62. The summed E-state index contributed by atoms with van der Waals surface area (Å²) in [4.78, 5) is 2.11. The number of ether oxygens (including phenoxy) is 1. The van der Waals surface area contributed by atoms with Crippen molar-refractivity contribution in [1.29, 1.82) is 0 Å². The molecular weight excluding hydrogens is 269 g/mol. The van der Waals surface area contributed by atoms with Gasteiger partial charge < -0.3 is 24.4 Å². The fourth-order valence-corrected chi connectivity index (χ4v) is 2.02. The number of anilines is 1. The van der Waals surface area contributed by atoms with Crippen molar-refractivity contribution in [2.45, 2.75) is 38.9 Å². The number of nitrogens with zero attached hydrogens (tertiary/aromatic N) is 1. The van der Waals surface area contributed by atoms with E-state index in [-0.39, 0.29) is 0 Å². The molecule has 6 heteroatoms. The van der Waals surface area contributed by atoms with Crippen molar-refractivity contribution in [1.82, 2.24) is 0 Å². The van der Waals surface area contributed by atoms with E-state index in [0.29, 0.717) is 12.1 Å². The van der Waals surface area contributed by atoms with E-state index in [0.717, 1.165) is 18.0 Å². The van der Waals surface area contributed by atoms with E-state index in [9.17, 15) is 10.1 Å². The van der Waals surface area contributed by atoms with Crippen LogP contribution in [-0.2, 0) is 4.65 Å². The van der Waals surface area contributed by atoms with Crippen LogP contribution < -0.4 is 15.1 Å². The molecule has 2 N–H and O–H groups in total. The number of hydrogen-bond acceptors (Lipinski definition) is 5. The Labute approximate surface area is 126 Å². The van der Waals surface area contributed by atoms with Gasteiger partial charge in [0, 0.05) is 7.05 Å². The Morgan fingerprint density at radius 3 is 2.57 bits per heavy atom. The lowest BCUT2D eigenvalue weighted by Crippen LogP contribution is -2.53. The van der Waals surface area contributed by atoms with E-state index in [1.807, 2.05) is 19.2 Å². The molecule has 116 valence electrons. The highest BCUT2D eigenvalue weighted by atomic mass is 16.5. The van der Waals surface area contributed by atoms with Crippen LogP contribution in [0, 0.1) is 0 Å². The molecule has 0 fully saturated rings. The van der Waals surface area contributed by atoms with Gasteiger partial charge >= 0.3 is 7.12 Å². The van der Waals surface area contributed by atoms with E-state index in [4.69, 9.17) is 9.39 Å². The van der Waals surface area contributed by atoms with Gasteiger partial charge in [0.1, 0.15) is 12.4 Å². The minimum Gasteiger partial charge on any atom is -0.490 e. The monoisotopic (exact) mass is 293 g/mol. The van der Waals surface area contributed by atoms with Crippen LogP contribution in [0.3, 0.4) is 0 Å². The zero-order chi connectivity index (χ0) is 15.8. The number of benzene rings is 1. The van der Waals surface area contributed by atoms with Gasteiger partial charge in [-0.05, 0) is 45.3 Å². The molecule has 0 saturated heterocycles. The maximum atomic E-state index is 10.3. The van der Waals surface area contributed by atoms with Crippen LogP contribution in [0.2, 0.25) is 0 Å². The van der Waals surface area contributed by atoms with Crippen LogP contribution in [0.25, 0.3) is 0 Å². The highest BCUT2D eigenvalue weighted by Crippen LogP contribution is 2.30. The van der Waals surface area contributed by atoms with Gasteiger partial charge in [-0.2, -0.15) is 0 Å². The standard InChI is InChI=1S/C15H24BNO4/c1-14(2,18)15(3,4)21-16(19)11-6-7-12-13(10-11)20-9-8-17(12)5/h6-7,10,18-19H,8-9H2,1-5H3. The first-order valence-corrected chi connectivity index (χ1v) is 7.18. The van der Waals surface area contributed by atoms with Gasteiger partial charge in [-0.3, -0.25) is 0 Å². The Morgan fingerprint density at radius 1 is 1.29 bits per heavy atom. The van der Waals surface area contributed by atoms with E-state index in [1.54, 1.807) is 33.8 Å². The highest BCUT2D eigenvalue weighted by Gasteiger charge is 2.39. The largest absolute Gasteiger partial charge is 0.491 e. The Morgan fingerprint density at radius 2 is 1.95 bits per heavy atom. The van der Waals surface area contributed by atoms with E-state index >= 15 is 0 Å². The number of rotatable bonds is 4. The van der Waals surface area contributed by atoms with Crippen LogP contribution in [0.5, 0.6) is 5.75 Å². The average Bonchev–Trinajstić information content (AvgIpc) is 2.36. The average molecular weight is 293 g/mol. The highest BCUT2D eigenvalue weighted by molar-refractivity contribution is 6.60. The summed E-state index contributed by atoms with van der Waals surface area (Å²) in [6.45, 7) is 8.28. The lowest BCUT2D eigenvalue weighted by atomic mass is 9.76. The summed E-state index contributed by atoms with van der Waals surface area (Å²) in [6, 6.07) is 5.51. The smallest absolute Gasteiger partial charge is 0.490 e. The molecule has 0 unspecified atom stereocenters. The molecule has 5 nitrogen and oxygen atoms in total. The van der Waals surface area contributed by atoms with Crippen LogP contribution in [0.4, 0.5) is 5.69 Å². The van der Waals surface area contributed by atoms with Gasteiger partial charge in [-0.15, -0.1) is 0 Å². The van der Waals surface area contributed by atoms with Gasteiger partial charge in [0.25, 0.3) is 0 Å². The maximum Gasteiger partial charge on any atom is 0.491 e. The van der Waals surface area contributed by atoms with Crippen LogP contribution in [-0.4, -0.2) is 48.7 Å². The minimum absolute atomic E-state index is 0.612. The Hall–Kier alpha value is -1.24. The zero-order valence-corrected chi connectivity index (χ0v) is 13.4. The molecule has 0 aromatic heterocycles. The molecule has 0 radical (unpaired) electrons. The van der Waals surface area contributed by atoms with Crippen molar-refractivity contribution < 1.29 is 19.5 Å². The predicted octanol–water partition coefficient (Wildman–Crippen LogP) is 0.769. The summed E-state index contributed by atoms with van der Waals surface area (Å²) in [7, 11) is 0.887. The summed E-state index contributed by atoms with van der Waals surface area (Å²) in [5.41, 5.74) is -0.348. The van der Waals surface area contributed by atoms with Crippen molar-refractivity contribution in [2.24, 2.45) is 0 Å². The quantitative estimate of drug-likeness (QED) is 0.803. The Bertz CT molecular complexity index is 513. The van der Waals surface area contributed by atoms with Crippen molar-refractivity contribution in [3.8, 4) is 5.75 Å². The van der Waals surface area contributed by atoms with Crippen LogP contribution >= 0.6 is 0 Å². The molecule has 1 aromatic carbocycles. The number of aliphatic hydroxyl groups is 1. The molecule has 0 saturated carbocycles. The van der Waals surface area contributed by atoms with E-state index in [1.165, 1.54) is 0 Å². The first-order valence-electron chi connectivity index (χ1n) is 7.18. The van der Waals surface area contributed by atoms with Crippen molar-refractivity contribution in [2.75, 3.05) is 25.1 Å². The summed E-state index contributed by atoms with van der Waals surface area (Å²) >= 11 is 0. The lowest BCUT2D eigenvalue weighted by molar-refractivity contribution is -0.0982. The Balaban J connectivity index is 2.19. The topological polar surface area (TPSA) is 62.2 Å². The van der Waals surface area contributed by atoms with E-state index in [2.05, 4.69) is 4.90 Å². The molecule has 1 aliphatic heterocycles. The minimum atomic E-state index is -1.12. The molecule has 0 atom stereocenters. The third-order valence-electron chi connectivity index (χ3n) is 4.24. The second kappa shape index (κ2) is 5.52. The second-order valence-electron chi connectivity index (χ2n) is 6.54. The predicted molar refractivity (Wildman–Crippen MR) is 84.3 cm³/mol. The molecule has 0 aliphatic carbocycles. The Kier molecular flexibility index (Phi) is 4.24. The molecule has 0 spiro atoms. The van der Waals surface area contributed by atoms with Gasteiger partial charge in [-0.25, -0.2) is 0 Å². The molecule has 1 aromatic rings. The number of hydrogen-bond donors (Lipinski definition) is 2. The number of fused-ring (bicyclic) bond motifs is 1. The number of likely N-dealkylation sites (N-methyl/N-ethyl adjacent to an activating group) is 1. The zero-order valence-electron chi connectivity index (χ0n) is 13.4. The van der Waals surface area contributed by atoms with Crippen molar-refractivity contribution in [3.63, 3.8) is 0 Å². The van der Waals surface area contributed by atoms with Gasteiger partial charge in [0.15, 0.2) is 0 Å². The van der Waals surface area contributed by atoms with E-state index < -0.39 is 18.3 Å². The van der Waals surface area contributed by atoms with Gasteiger partial charge in [0.05, 0.1) is 23.4 Å².